The van der Waals surface area contributed by atoms with Crippen molar-refractivity contribution in [2.45, 2.75) is 11.8 Å². The smallest absolute Gasteiger partial charge is 0.428 e. The number of alkyl halides is 2. The minimum absolute atomic E-state index is 0.990. The zero-order chi connectivity index (χ0) is 16.9. The van der Waals surface area contributed by atoms with Gasteiger partial charge >= 0.3 is 11.2 Å². The third-order valence-corrected chi connectivity index (χ3v) is 2.87. The van der Waals surface area contributed by atoms with Gasteiger partial charge in [0.15, 0.2) is 10.1 Å². The van der Waals surface area contributed by atoms with Crippen LogP contribution in [0.1, 0.15) is 5.56 Å². The summed E-state index contributed by atoms with van der Waals surface area (Å²) in [5, 5.41) is 2.22. The standard InChI is InChI=1S/C10H16N.C2H2F2O5S/c1-11(2,3)9-10-7-5-4-6-8-10;3-2(4,1(5)6)10(7,8)9/h4-8H,9H2,1-3H3;(H,5,6)(H,7,8,9)/q+1;/p-1. The molecule has 0 aromatic heterocycles. The zero-order valence-electron chi connectivity index (χ0n) is 11.8. The van der Waals surface area contributed by atoms with Crippen LogP contribution in [0.2, 0.25) is 0 Å². The molecular formula is C12H17F2NO5S. The van der Waals surface area contributed by atoms with E-state index in [1.807, 2.05) is 0 Å². The lowest BCUT2D eigenvalue weighted by Gasteiger charge is -2.23. The van der Waals surface area contributed by atoms with E-state index in [1.54, 1.807) is 0 Å². The molecule has 1 aromatic carbocycles. The molecular weight excluding hydrogens is 308 g/mol. The zero-order valence-corrected chi connectivity index (χ0v) is 12.6. The molecule has 0 saturated carbocycles. The van der Waals surface area contributed by atoms with Gasteiger partial charge < -0.3 is 14.1 Å². The number of halogens is 2. The van der Waals surface area contributed by atoms with Crippen molar-refractivity contribution in [2.75, 3.05) is 21.1 Å². The average Bonchev–Trinajstić information content (AvgIpc) is 2.27. The van der Waals surface area contributed by atoms with E-state index in [9.17, 15) is 26.5 Å². The fourth-order valence-corrected chi connectivity index (χ4v) is 1.45. The normalized spacial score (nSPS) is 12.3. The van der Waals surface area contributed by atoms with Gasteiger partial charge in [0.1, 0.15) is 6.54 Å². The Morgan fingerprint density at radius 3 is 1.90 bits per heavy atom. The lowest BCUT2D eigenvalue weighted by molar-refractivity contribution is -0.884. The maximum Gasteiger partial charge on any atom is 0.428 e. The second-order valence-corrected chi connectivity index (χ2v) is 6.63. The molecule has 0 bridgehead atoms. The quantitative estimate of drug-likeness (QED) is 0.661. The first-order chi connectivity index (χ1) is 9.27. The lowest BCUT2D eigenvalue weighted by Crippen LogP contribution is -2.37. The summed E-state index contributed by atoms with van der Waals surface area (Å²) >= 11 is 0. The number of carboxylic acid groups (broad SMARTS) is 1. The number of carboxylic acids is 1. The summed E-state index contributed by atoms with van der Waals surface area (Å²) in [6.45, 7) is 1.10. The highest BCUT2D eigenvalue weighted by Gasteiger charge is 2.46. The summed E-state index contributed by atoms with van der Waals surface area (Å²) in [5.41, 5.74) is 1.40. The van der Waals surface area contributed by atoms with Gasteiger partial charge in [0.2, 0.25) is 0 Å². The van der Waals surface area contributed by atoms with Crippen molar-refractivity contribution < 1.29 is 36.1 Å². The molecule has 9 heteroatoms. The molecule has 1 rings (SSSR count). The molecule has 0 unspecified atom stereocenters. The molecule has 0 aliphatic rings. The van der Waals surface area contributed by atoms with E-state index in [0.29, 0.717) is 0 Å². The predicted molar refractivity (Wildman–Crippen MR) is 70.5 cm³/mol. The van der Waals surface area contributed by atoms with Crippen LogP contribution in [-0.4, -0.2) is 54.9 Å². The number of quaternary nitrogens is 1. The highest BCUT2D eigenvalue weighted by Crippen LogP contribution is 2.19. The monoisotopic (exact) mass is 325 g/mol. The van der Waals surface area contributed by atoms with Gasteiger partial charge in [-0.05, 0) is 0 Å². The SMILES string of the molecule is C[N+](C)(C)Cc1ccccc1.O=C(O)C(F)(F)S(=O)(=O)[O-]. The Balaban J connectivity index is 0.000000384. The van der Waals surface area contributed by atoms with E-state index in [-0.39, 0.29) is 0 Å². The van der Waals surface area contributed by atoms with Crippen molar-refractivity contribution >= 4 is 16.1 Å². The maximum atomic E-state index is 11.6. The van der Waals surface area contributed by atoms with Gasteiger partial charge in [-0.3, -0.25) is 0 Å². The van der Waals surface area contributed by atoms with E-state index in [2.05, 4.69) is 51.5 Å². The number of carbonyl (C=O) groups is 1. The molecule has 0 heterocycles. The molecule has 0 amide bonds. The second kappa shape index (κ2) is 6.92. The average molecular weight is 325 g/mol. The van der Waals surface area contributed by atoms with Gasteiger partial charge in [-0.25, -0.2) is 13.2 Å². The molecule has 0 aliphatic carbocycles. The Bertz CT molecular complexity index is 567. The fraction of sp³-hybridized carbons (Fsp3) is 0.417. The maximum absolute atomic E-state index is 11.6. The highest BCUT2D eigenvalue weighted by atomic mass is 32.2. The Morgan fingerprint density at radius 1 is 1.24 bits per heavy atom. The molecule has 1 aromatic rings. The Hall–Kier alpha value is -1.58. The molecule has 1 N–H and O–H groups in total. The highest BCUT2D eigenvalue weighted by molar-refractivity contribution is 7.87. The first-order valence-electron chi connectivity index (χ1n) is 5.68. The molecule has 21 heavy (non-hydrogen) atoms. The van der Waals surface area contributed by atoms with E-state index < -0.39 is 21.3 Å². The summed E-state index contributed by atoms with van der Waals surface area (Å²) in [5.74, 6) is -2.97. The number of hydrogen-bond donors (Lipinski definition) is 1. The van der Waals surface area contributed by atoms with Gasteiger partial charge in [-0.2, -0.15) is 8.78 Å². The number of benzene rings is 1. The number of hydrogen-bond acceptors (Lipinski definition) is 4. The van der Waals surface area contributed by atoms with Gasteiger partial charge in [-0.1, -0.05) is 30.3 Å². The topological polar surface area (TPSA) is 94.5 Å². The Labute approximate surface area is 122 Å². The van der Waals surface area contributed by atoms with Crippen LogP contribution in [0.25, 0.3) is 0 Å². The van der Waals surface area contributed by atoms with Crippen molar-refractivity contribution in [1.29, 1.82) is 0 Å². The summed E-state index contributed by atoms with van der Waals surface area (Å²) in [6.07, 6.45) is 0. The predicted octanol–water partition coefficient (Wildman–Crippen LogP) is 1.10. The Morgan fingerprint density at radius 2 is 1.67 bits per heavy atom. The minimum Gasteiger partial charge on any atom is -0.743 e. The molecule has 6 nitrogen and oxygen atoms in total. The van der Waals surface area contributed by atoms with Gasteiger partial charge in [0.05, 0.1) is 21.1 Å². The molecule has 120 valence electrons. The van der Waals surface area contributed by atoms with Crippen molar-refractivity contribution in [1.82, 2.24) is 0 Å². The lowest BCUT2D eigenvalue weighted by atomic mass is 10.2. The van der Waals surface area contributed by atoms with Crippen LogP contribution in [0, 0.1) is 0 Å². The van der Waals surface area contributed by atoms with Gasteiger partial charge in [0.25, 0.3) is 0 Å². The van der Waals surface area contributed by atoms with Crippen LogP contribution >= 0.6 is 0 Å². The van der Waals surface area contributed by atoms with Crippen LogP contribution in [0.5, 0.6) is 0 Å². The van der Waals surface area contributed by atoms with E-state index in [4.69, 9.17) is 5.11 Å². The van der Waals surface area contributed by atoms with E-state index in [0.717, 1.165) is 11.0 Å². The third kappa shape index (κ3) is 7.11. The molecule has 0 spiro atoms. The number of aliphatic carboxylic acids is 1. The molecule has 0 fully saturated rings. The van der Waals surface area contributed by atoms with Crippen molar-refractivity contribution in [2.24, 2.45) is 0 Å². The first-order valence-corrected chi connectivity index (χ1v) is 7.09. The molecule has 0 aliphatic heterocycles. The van der Waals surface area contributed by atoms with Crippen molar-refractivity contribution in [3.8, 4) is 0 Å². The van der Waals surface area contributed by atoms with Crippen molar-refractivity contribution in [3.05, 3.63) is 35.9 Å². The van der Waals surface area contributed by atoms with Crippen LogP contribution in [-0.2, 0) is 21.5 Å². The first kappa shape index (κ1) is 19.4. The van der Waals surface area contributed by atoms with E-state index >= 15 is 0 Å². The number of nitrogens with zero attached hydrogens (tertiary/aromatic N) is 1. The summed E-state index contributed by atoms with van der Waals surface area (Å²) in [6, 6.07) is 10.6. The van der Waals surface area contributed by atoms with Gasteiger partial charge in [-0.15, -0.1) is 0 Å². The summed E-state index contributed by atoms with van der Waals surface area (Å²) < 4.78 is 52.3. The van der Waals surface area contributed by atoms with Gasteiger partial charge in [0, 0.05) is 5.56 Å². The van der Waals surface area contributed by atoms with Crippen LogP contribution < -0.4 is 0 Å². The van der Waals surface area contributed by atoms with Crippen molar-refractivity contribution in [3.63, 3.8) is 0 Å². The van der Waals surface area contributed by atoms with E-state index in [1.165, 1.54) is 5.56 Å². The second-order valence-electron chi connectivity index (χ2n) is 5.21. The summed E-state index contributed by atoms with van der Waals surface area (Å²) in [7, 11) is 0.520. The minimum atomic E-state index is -6.08. The van der Waals surface area contributed by atoms with Crippen LogP contribution in [0.4, 0.5) is 8.78 Å². The van der Waals surface area contributed by atoms with Crippen LogP contribution in [0.3, 0.4) is 0 Å². The molecule has 0 radical (unpaired) electrons. The summed E-state index contributed by atoms with van der Waals surface area (Å²) in [4.78, 5) is 9.34. The molecule has 0 atom stereocenters. The largest absolute Gasteiger partial charge is 0.743 e. The Kier molecular flexibility index (Phi) is 6.40. The fourth-order valence-electron chi connectivity index (χ4n) is 1.24. The molecule has 0 saturated heterocycles. The number of rotatable bonds is 4. The van der Waals surface area contributed by atoms with Crippen LogP contribution in [0.15, 0.2) is 30.3 Å². The third-order valence-electron chi connectivity index (χ3n) is 2.06.